The maximum Gasteiger partial charge on any atom is 0.453 e. The third kappa shape index (κ3) is 3.34. The van der Waals surface area contributed by atoms with Crippen LogP contribution < -0.4 is 9.62 Å². The number of hydrogen-bond acceptors (Lipinski definition) is 6. The van der Waals surface area contributed by atoms with Gasteiger partial charge in [0.05, 0.1) is 5.25 Å². The molecule has 1 N–H and O–H groups in total. The van der Waals surface area contributed by atoms with Crippen molar-refractivity contribution in [1.29, 1.82) is 0 Å². The summed E-state index contributed by atoms with van der Waals surface area (Å²) in [5.41, 5.74) is 0.0214. The van der Waals surface area contributed by atoms with Gasteiger partial charge < -0.3 is 4.90 Å². The van der Waals surface area contributed by atoms with Crippen molar-refractivity contribution in [3.05, 3.63) is 18.0 Å². The molecule has 1 aliphatic carbocycles. The van der Waals surface area contributed by atoms with E-state index >= 15 is 0 Å². The molecular formula is C14H17F3N6O2S. The van der Waals surface area contributed by atoms with Crippen molar-refractivity contribution in [2.45, 2.75) is 43.2 Å². The van der Waals surface area contributed by atoms with E-state index in [1.165, 1.54) is 6.07 Å². The average molecular weight is 390 g/mol. The molecule has 0 atom stereocenters. The second-order valence-corrected chi connectivity index (χ2v) is 8.60. The van der Waals surface area contributed by atoms with Gasteiger partial charge in [-0.15, -0.1) is 15.3 Å². The smallest absolute Gasteiger partial charge is 0.355 e. The van der Waals surface area contributed by atoms with Crippen molar-refractivity contribution in [3.63, 3.8) is 0 Å². The van der Waals surface area contributed by atoms with E-state index in [1.54, 1.807) is 6.07 Å². The van der Waals surface area contributed by atoms with Crippen molar-refractivity contribution < 1.29 is 21.6 Å². The van der Waals surface area contributed by atoms with Crippen molar-refractivity contribution in [2.24, 2.45) is 0 Å². The van der Waals surface area contributed by atoms with Crippen LogP contribution in [-0.4, -0.2) is 52.6 Å². The van der Waals surface area contributed by atoms with Crippen molar-refractivity contribution in [3.8, 4) is 0 Å². The predicted molar refractivity (Wildman–Crippen MR) is 86.1 cm³/mol. The van der Waals surface area contributed by atoms with E-state index in [0.717, 1.165) is 0 Å². The molecule has 1 aliphatic heterocycles. The van der Waals surface area contributed by atoms with Gasteiger partial charge in [-0.3, -0.25) is 0 Å². The van der Waals surface area contributed by atoms with Crippen LogP contribution in [0.3, 0.4) is 0 Å². The number of fused-ring (bicyclic) bond motifs is 1. The Morgan fingerprint density at radius 2 is 1.77 bits per heavy atom. The quantitative estimate of drug-likeness (QED) is 0.843. The van der Waals surface area contributed by atoms with E-state index in [2.05, 4.69) is 20.0 Å². The monoisotopic (exact) mass is 390 g/mol. The van der Waals surface area contributed by atoms with Crippen LogP contribution in [0.1, 0.15) is 31.5 Å². The molecule has 0 aromatic carbocycles. The number of piperidine rings is 1. The molecule has 0 spiro atoms. The van der Waals surface area contributed by atoms with Crippen LogP contribution >= 0.6 is 0 Å². The molecule has 0 radical (unpaired) electrons. The Bertz CT molecular complexity index is 916. The molecule has 2 aromatic rings. The fourth-order valence-electron chi connectivity index (χ4n) is 3.06. The number of anilines is 1. The van der Waals surface area contributed by atoms with E-state index in [-0.39, 0.29) is 16.9 Å². The number of rotatable bonds is 4. The fourth-order valence-corrected chi connectivity index (χ4v) is 4.71. The van der Waals surface area contributed by atoms with Gasteiger partial charge in [-0.2, -0.15) is 17.7 Å². The average Bonchev–Trinajstić information content (AvgIpc) is 3.34. The molecule has 3 heterocycles. The zero-order valence-electron chi connectivity index (χ0n) is 13.6. The standard InChI is InChI=1S/C14H17F3N6O2S/c15-14(16,17)13-19-18-11-3-4-12(20-23(11)13)22-7-5-9(6-8-22)21-26(24,25)10-1-2-10/h3-4,9-10,21H,1-2,5-8H2. The van der Waals surface area contributed by atoms with Crippen LogP contribution in [0.25, 0.3) is 5.65 Å². The Morgan fingerprint density at radius 1 is 1.08 bits per heavy atom. The summed E-state index contributed by atoms with van der Waals surface area (Å²) in [6.45, 7) is 1.000. The molecule has 2 fully saturated rings. The first-order valence-electron chi connectivity index (χ1n) is 8.30. The first-order valence-corrected chi connectivity index (χ1v) is 9.84. The van der Waals surface area contributed by atoms with Crippen LogP contribution in [0.4, 0.5) is 19.0 Å². The van der Waals surface area contributed by atoms with Gasteiger partial charge >= 0.3 is 6.18 Å². The number of hydrogen-bond donors (Lipinski definition) is 1. The van der Waals surface area contributed by atoms with Crippen LogP contribution in [0, 0.1) is 0 Å². The van der Waals surface area contributed by atoms with Gasteiger partial charge in [0.1, 0.15) is 5.82 Å². The number of halogens is 3. The molecule has 2 aliphatic rings. The summed E-state index contributed by atoms with van der Waals surface area (Å²) in [5, 5.41) is 10.4. The van der Waals surface area contributed by atoms with Gasteiger partial charge in [-0.25, -0.2) is 13.1 Å². The minimum Gasteiger partial charge on any atom is -0.355 e. The Morgan fingerprint density at radius 3 is 2.38 bits per heavy atom. The molecule has 1 saturated heterocycles. The Kier molecular flexibility index (Phi) is 4.06. The van der Waals surface area contributed by atoms with Gasteiger partial charge in [0, 0.05) is 19.1 Å². The molecule has 0 amide bonds. The fraction of sp³-hybridized carbons (Fsp3) is 0.643. The summed E-state index contributed by atoms with van der Waals surface area (Å²) in [7, 11) is -3.24. The van der Waals surface area contributed by atoms with E-state index in [9.17, 15) is 21.6 Å². The summed E-state index contributed by atoms with van der Waals surface area (Å²) >= 11 is 0. The van der Waals surface area contributed by atoms with Crippen LogP contribution in [0.5, 0.6) is 0 Å². The maximum absolute atomic E-state index is 13.0. The first-order chi connectivity index (χ1) is 12.2. The molecule has 1 saturated carbocycles. The lowest BCUT2D eigenvalue weighted by Gasteiger charge is -2.32. The third-order valence-electron chi connectivity index (χ3n) is 4.62. The Labute approximate surface area is 147 Å². The van der Waals surface area contributed by atoms with Crippen LogP contribution in [-0.2, 0) is 16.2 Å². The van der Waals surface area contributed by atoms with Crippen molar-refractivity contribution in [1.82, 2.24) is 24.5 Å². The molecule has 12 heteroatoms. The van der Waals surface area contributed by atoms with Gasteiger partial charge in [-0.1, -0.05) is 0 Å². The largest absolute Gasteiger partial charge is 0.453 e. The highest BCUT2D eigenvalue weighted by Crippen LogP contribution is 2.30. The lowest BCUT2D eigenvalue weighted by molar-refractivity contribution is -0.146. The Hall–Kier alpha value is -1.95. The maximum atomic E-state index is 13.0. The summed E-state index contributed by atoms with van der Waals surface area (Å²) < 4.78 is 66.3. The molecule has 142 valence electrons. The number of aromatic nitrogens is 4. The van der Waals surface area contributed by atoms with Gasteiger partial charge in [-0.05, 0) is 37.8 Å². The lowest BCUT2D eigenvalue weighted by Crippen LogP contribution is -2.45. The number of sulfonamides is 1. The molecule has 4 rings (SSSR count). The highest BCUT2D eigenvalue weighted by Gasteiger charge is 2.39. The minimum absolute atomic E-state index is 0.0214. The second-order valence-electron chi connectivity index (χ2n) is 6.61. The topological polar surface area (TPSA) is 92.5 Å². The number of nitrogens with one attached hydrogen (secondary N) is 1. The predicted octanol–water partition coefficient (Wildman–Crippen LogP) is 1.19. The minimum atomic E-state index is -4.64. The van der Waals surface area contributed by atoms with Crippen molar-refractivity contribution >= 4 is 21.5 Å². The SMILES string of the molecule is O=S(=O)(NC1CCN(c2ccc3nnc(C(F)(F)F)n3n2)CC1)C1CC1. The molecule has 2 aromatic heterocycles. The molecule has 0 unspecified atom stereocenters. The number of nitrogens with zero attached hydrogens (tertiary/aromatic N) is 5. The Balaban J connectivity index is 1.47. The van der Waals surface area contributed by atoms with E-state index in [0.29, 0.717) is 49.1 Å². The van der Waals surface area contributed by atoms with E-state index in [4.69, 9.17) is 0 Å². The molecule has 8 nitrogen and oxygen atoms in total. The summed E-state index contributed by atoms with van der Waals surface area (Å²) in [4.78, 5) is 1.83. The lowest BCUT2D eigenvalue weighted by atomic mass is 10.1. The zero-order valence-corrected chi connectivity index (χ0v) is 14.5. The summed E-state index contributed by atoms with van der Waals surface area (Å²) in [6, 6.07) is 2.88. The summed E-state index contributed by atoms with van der Waals surface area (Å²) in [6.07, 6.45) is -2.09. The zero-order chi connectivity index (χ0) is 18.5. The summed E-state index contributed by atoms with van der Waals surface area (Å²) in [5.74, 6) is -0.785. The van der Waals surface area contributed by atoms with Crippen molar-refractivity contribution in [2.75, 3.05) is 18.0 Å². The highest BCUT2D eigenvalue weighted by atomic mass is 32.2. The third-order valence-corrected chi connectivity index (χ3v) is 6.63. The highest BCUT2D eigenvalue weighted by molar-refractivity contribution is 7.90. The molecule has 0 bridgehead atoms. The van der Waals surface area contributed by atoms with E-state index < -0.39 is 22.0 Å². The molecular weight excluding hydrogens is 373 g/mol. The van der Waals surface area contributed by atoms with Gasteiger partial charge in [0.2, 0.25) is 10.0 Å². The van der Waals surface area contributed by atoms with Gasteiger partial charge in [0.15, 0.2) is 5.65 Å². The number of alkyl halides is 3. The normalized spacial score (nSPS) is 20.0. The second kappa shape index (κ2) is 6.05. The van der Waals surface area contributed by atoms with Crippen LogP contribution in [0.2, 0.25) is 0 Å². The van der Waals surface area contributed by atoms with E-state index in [1.807, 2.05) is 4.90 Å². The molecule has 26 heavy (non-hydrogen) atoms. The van der Waals surface area contributed by atoms with Gasteiger partial charge in [0.25, 0.3) is 5.82 Å². The first kappa shape index (κ1) is 17.5. The van der Waals surface area contributed by atoms with Crippen LogP contribution in [0.15, 0.2) is 12.1 Å².